The first kappa shape index (κ1) is 18.4. The number of nitrogens with one attached hydrogen (secondary N) is 1. The number of likely N-dealkylation sites (tertiary alicyclic amines) is 1. The number of carbonyl (C=O) groups is 1. The van der Waals surface area contributed by atoms with Gasteiger partial charge in [-0.1, -0.05) is 30.7 Å². The fraction of sp³-hybridized carbons (Fsp3) is 0.429. The van der Waals surface area contributed by atoms with Gasteiger partial charge in [0.2, 0.25) is 5.91 Å². The quantitative estimate of drug-likeness (QED) is 0.830. The van der Waals surface area contributed by atoms with Crippen molar-refractivity contribution in [1.29, 1.82) is 0 Å². The molecule has 138 valence electrons. The molecule has 1 saturated heterocycles. The third kappa shape index (κ3) is 4.82. The molecule has 0 bridgehead atoms. The molecule has 1 aromatic carbocycles. The van der Waals surface area contributed by atoms with Crippen LogP contribution in [-0.2, 0) is 11.3 Å². The van der Waals surface area contributed by atoms with Gasteiger partial charge in [0.15, 0.2) is 0 Å². The molecule has 1 amide bonds. The molecule has 1 aliphatic heterocycles. The third-order valence-corrected chi connectivity index (χ3v) is 4.94. The lowest BCUT2D eigenvalue weighted by atomic mass is 9.98. The minimum atomic E-state index is 0.0706. The van der Waals surface area contributed by atoms with E-state index in [2.05, 4.69) is 21.3 Å². The van der Waals surface area contributed by atoms with Crippen LogP contribution in [0.1, 0.15) is 43.0 Å². The van der Waals surface area contributed by atoms with Crippen LogP contribution in [0.3, 0.4) is 0 Å². The first-order chi connectivity index (χ1) is 12.8. The van der Waals surface area contributed by atoms with Crippen LogP contribution in [0.5, 0.6) is 5.75 Å². The van der Waals surface area contributed by atoms with Crippen molar-refractivity contribution in [2.75, 3.05) is 20.2 Å². The maximum atomic E-state index is 12.3. The van der Waals surface area contributed by atoms with Gasteiger partial charge >= 0.3 is 0 Å². The Kier molecular flexibility index (Phi) is 6.61. The molecule has 5 nitrogen and oxygen atoms in total. The Balaban J connectivity index is 1.51. The number of ether oxygens (including phenoxy) is 1. The summed E-state index contributed by atoms with van der Waals surface area (Å²) in [5.41, 5.74) is 2.11. The van der Waals surface area contributed by atoms with Gasteiger partial charge in [0.1, 0.15) is 5.75 Å². The SMILES string of the molecule is COc1ccccc1CNC(=O)CCN1CCCC[C@H]1c1ccccn1. The van der Waals surface area contributed by atoms with Gasteiger partial charge in [-0.25, -0.2) is 0 Å². The highest BCUT2D eigenvalue weighted by Gasteiger charge is 2.24. The first-order valence-corrected chi connectivity index (χ1v) is 9.31. The molecule has 1 fully saturated rings. The van der Waals surface area contributed by atoms with E-state index in [0.29, 0.717) is 19.0 Å². The lowest BCUT2D eigenvalue weighted by molar-refractivity contribution is -0.121. The van der Waals surface area contributed by atoms with Gasteiger partial charge in [0.05, 0.1) is 18.8 Å². The normalized spacial score (nSPS) is 17.7. The van der Waals surface area contributed by atoms with Crippen molar-refractivity contribution in [1.82, 2.24) is 15.2 Å². The lowest BCUT2D eigenvalue weighted by Crippen LogP contribution is -2.37. The largest absolute Gasteiger partial charge is 0.496 e. The standard InChI is InChI=1S/C21H27N3O2/c1-26-20-11-3-2-8-17(20)16-23-21(25)12-15-24-14-7-5-10-19(24)18-9-4-6-13-22-18/h2-4,6,8-9,11,13,19H,5,7,10,12,14-16H2,1H3,(H,23,25)/t19-/m0/s1. The number of hydrogen-bond donors (Lipinski definition) is 1. The van der Waals surface area contributed by atoms with E-state index in [1.165, 1.54) is 12.8 Å². The van der Waals surface area contributed by atoms with Crippen LogP contribution < -0.4 is 10.1 Å². The molecule has 5 heteroatoms. The zero-order valence-electron chi connectivity index (χ0n) is 15.4. The summed E-state index contributed by atoms with van der Waals surface area (Å²) in [4.78, 5) is 19.2. The number of rotatable bonds is 7. The van der Waals surface area contributed by atoms with Crippen molar-refractivity contribution in [3.05, 3.63) is 59.9 Å². The van der Waals surface area contributed by atoms with Gasteiger partial charge in [0.25, 0.3) is 0 Å². The third-order valence-electron chi connectivity index (χ3n) is 4.94. The van der Waals surface area contributed by atoms with Crippen LogP contribution in [0.2, 0.25) is 0 Å². The van der Waals surface area contributed by atoms with E-state index in [-0.39, 0.29) is 5.91 Å². The van der Waals surface area contributed by atoms with Gasteiger partial charge in [-0.05, 0) is 37.6 Å². The number of para-hydroxylation sites is 1. The minimum absolute atomic E-state index is 0.0706. The molecule has 1 aromatic heterocycles. The van der Waals surface area contributed by atoms with Gasteiger partial charge in [0, 0.05) is 31.3 Å². The van der Waals surface area contributed by atoms with E-state index >= 15 is 0 Å². The maximum absolute atomic E-state index is 12.3. The maximum Gasteiger partial charge on any atom is 0.221 e. The molecule has 0 aliphatic carbocycles. The van der Waals surface area contributed by atoms with Crippen molar-refractivity contribution < 1.29 is 9.53 Å². The predicted molar refractivity (Wildman–Crippen MR) is 102 cm³/mol. The van der Waals surface area contributed by atoms with Gasteiger partial charge < -0.3 is 10.1 Å². The Morgan fingerprint density at radius 1 is 1.23 bits per heavy atom. The number of carbonyl (C=O) groups excluding carboxylic acids is 1. The summed E-state index contributed by atoms with van der Waals surface area (Å²) < 4.78 is 5.33. The van der Waals surface area contributed by atoms with Crippen LogP contribution in [-0.4, -0.2) is 36.0 Å². The van der Waals surface area contributed by atoms with Gasteiger partial charge in [-0.15, -0.1) is 0 Å². The second-order valence-electron chi connectivity index (χ2n) is 6.64. The summed E-state index contributed by atoms with van der Waals surface area (Å²) >= 11 is 0. The smallest absolute Gasteiger partial charge is 0.221 e. The highest BCUT2D eigenvalue weighted by molar-refractivity contribution is 5.76. The monoisotopic (exact) mass is 353 g/mol. The molecule has 0 unspecified atom stereocenters. The molecule has 3 rings (SSSR count). The lowest BCUT2D eigenvalue weighted by Gasteiger charge is -2.35. The summed E-state index contributed by atoms with van der Waals surface area (Å²) in [5, 5.41) is 3.01. The van der Waals surface area contributed by atoms with Crippen LogP contribution in [0.4, 0.5) is 0 Å². The Labute approximate surface area is 155 Å². The average molecular weight is 353 g/mol. The number of aromatic nitrogens is 1. The van der Waals surface area contributed by atoms with Crippen molar-refractivity contribution in [2.45, 2.75) is 38.3 Å². The molecule has 1 atom stereocenters. The Hall–Kier alpha value is -2.40. The zero-order chi connectivity index (χ0) is 18.2. The molecular formula is C21H27N3O2. The highest BCUT2D eigenvalue weighted by Crippen LogP contribution is 2.29. The molecule has 0 radical (unpaired) electrons. The Bertz CT molecular complexity index is 705. The fourth-order valence-corrected chi connectivity index (χ4v) is 3.54. The second-order valence-corrected chi connectivity index (χ2v) is 6.64. The van der Waals surface area contributed by atoms with Crippen LogP contribution in [0.15, 0.2) is 48.7 Å². The van der Waals surface area contributed by atoms with Crippen molar-refractivity contribution in [3.63, 3.8) is 0 Å². The number of nitrogens with zero attached hydrogens (tertiary/aromatic N) is 2. The highest BCUT2D eigenvalue weighted by atomic mass is 16.5. The predicted octanol–water partition coefficient (Wildman–Crippen LogP) is 3.32. The van der Waals surface area contributed by atoms with Gasteiger partial charge in [-0.2, -0.15) is 0 Å². The number of benzene rings is 1. The van der Waals surface area contributed by atoms with Crippen LogP contribution in [0.25, 0.3) is 0 Å². The van der Waals surface area contributed by atoms with Crippen molar-refractivity contribution in [2.24, 2.45) is 0 Å². The molecule has 26 heavy (non-hydrogen) atoms. The molecule has 1 N–H and O–H groups in total. The molecule has 0 saturated carbocycles. The molecular weight excluding hydrogens is 326 g/mol. The van der Waals surface area contributed by atoms with E-state index in [9.17, 15) is 4.79 Å². The van der Waals surface area contributed by atoms with E-state index in [1.807, 2.05) is 42.6 Å². The Morgan fingerprint density at radius 3 is 2.88 bits per heavy atom. The average Bonchev–Trinajstić information content (AvgIpc) is 2.71. The van der Waals surface area contributed by atoms with E-state index < -0.39 is 0 Å². The van der Waals surface area contributed by atoms with E-state index in [0.717, 1.165) is 36.5 Å². The molecule has 1 aliphatic rings. The minimum Gasteiger partial charge on any atom is -0.496 e. The summed E-state index contributed by atoms with van der Waals surface area (Å²) in [6, 6.07) is 14.2. The summed E-state index contributed by atoms with van der Waals surface area (Å²) in [6.07, 6.45) is 5.87. The number of methoxy groups -OCH3 is 1. The fourth-order valence-electron chi connectivity index (χ4n) is 3.54. The summed E-state index contributed by atoms with van der Waals surface area (Å²) in [7, 11) is 1.65. The first-order valence-electron chi connectivity index (χ1n) is 9.31. The number of pyridine rings is 1. The number of hydrogen-bond acceptors (Lipinski definition) is 4. The van der Waals surface area contributed by atoms with Gasteiger partial charge in [-0.3, -0.25) is 14.7 Å². The number of amides is 1. The van der Waals surface area contributed by atoms with E-state index in [1.54, 1.807) is 7.11 Å². The number of piperidine rings is 1. The second kappa shape index (κ2) is 9.34. The Morgan fingerprint density at radius 2 is 2.08 bits per heavy atom. The molecule has 2 aromatic rings. The molecule has 2 heterocycles. The summed E-state index contributed by atoms with van der Waals surface area (Å²) in [6.45, 7) is 2.28. The topological polar surface area (TPSA) is 54.5 Å². The van der Waals surface area contributed by atoms with Crippen molar-refractivity contribution >= 4 is 5.91 Å². The van der Waals surface area contributed by atoms with Crippen molar-refractivity contribution in [3.8, 4) is 5.75 Å². The summed E-state index contributed by atoms with van der Waals surface area (Å²) in [5.74, 6) is 0.875. The van der Waals surface area contributed by atoms with Crippen LogP contribution >= 0.6 is 0 Å². The van der Waals surface area contributed by atoms with Crippen LogP contribution in [0, 0.1) is 0 Å². The van der Waals surface area contributed by atoms with E-state index in [4.69, 9.17) is 4.74 Å². The molecule has 0 spiro atoms. The zero-order valence-corrected chi connectivity index (χ0v) is 15.4.